The van der Waals surface area contributed by atoms with Gasteiger partial charge in [0.2, 0.25) is 0 Å². The highest BCUT2D eigenvalue weighted by atomic mass is 35.5. The van der Waals surface area contributed by atoms with Crippen LogP contribution in [0.5, 0.6) is 5.75 Å². The standard InChI is InChI=1S/C25H33ClN6O2/c1-25(2,3)15-32-11-9-17(10-12-32)29-21-19(26)13-28-24-22(21)30-23(31-24)16-5-7-18(8-6-16)34-14-20(33)27-4/h5-8,13,17H,9-12,14-15H2,1-4H3,(H,27,33)(H2,28,29,30,31). The molecule has 0 aliphatic carbocycles. The molecule has 9 heteroatoms. The van der Waals surface area contributed by atoms with Crippen LogP contribution in [0.25, 0.3) is 22.6 Å². The highest BCUT2D eigenvalue weighted by molar-refractivity contribution is 6.34. The molecular formula is C25H33ClN6O2. The minimum Gasteiger partial charge on any atom is -0.484 e. The number of benzene rings is 1. The van der Waals surface area contributed by atoms with Crippen LogP contribution in [-0.4, -0.2) is 65.1 Å². The molecule has 182 valence electrons. The first-order valence-corrected chi connectivity index (χ1v) is 12.1. The molecule has 2 aromatic heterocycles. The number of ether oxygens (including phenoxy) is 1. The van der Waals surface area contributed by atoms with E-state index >= 15 is 0 Å². The monoisotopic (exact) mass is 484 g/mol. The summed E-state index contributed by atoms with van der Waals surface area (Å²) in [6.07, 6.45) is 3.78. The molecule has 3 N–H and O–H groups in total. The quantitative estimate of drug-likeness (QED) is 0.462. The number of piperidine rings is 1. The van der Waals surface area contributed by atoms with Crippen molar-refractivity contribution in [2.24, 2.45) is 5.41 Å². The molecule has 1 aliphatic heterocycles. The molecule has 0 radical (unpaired) electrons. The molecule has 8 nitrogen and oxygen atoms in total. The highest BCUT2D eigenvalue weighted by Crippen LogP contribution is 2.32. The maximum atomic E-state index is 11.4. The fourth-order valence-electron chi connectivity index (χ4n) is 4.25. The molecule has 1 aromatic carbocycles. The van der Waals surface area contributed by atoms with Crippen LogP contribution in [0.4, 0.5) is 5.69 Å². The van der Waals surface area contributed by atoms with Gasteiger partial charge in [-0.25, -0.2) is 9.97 Å². The largest absolute Gasteiger partial charge is 0.484 e. The average molecular weight is 485 g/mol. The lowest BCUT2D eigenvalue weighted by molar-refractivity contribution is -0.122. The summed E-state index contributed by atoms with van der Waals surface area (Å²) >= 11 is 6.55. The fraction of sp³-hybridized carbons (Fsp3) is 0.480. The molecule has 0 bridgehead atoms. The Morgan fingerprint density at radius 3 is 2.59 bits per heavy atom. The maximum Gasteiger partial charge on any atom is 0.257 e. The van der Waals surface area contributed by atoms with Gasteiger partial charge in [0.1, 0.15) is 17.1 Å². The molecule has 1 saturated heterocycles. The number of anilines is 1. The van der Waals surface area contributed by atoms with E-state index in [0.29, 0.717) is 33.7 Å². The van der Waals surface area contributed by atoms with Crippen molar-refractivity contribution in [1.29, 1.82) is 0 Å². The van der Waals surface area contributed by atoms with E-state index in [4.69, 9.17) is 16.3 Å². The molecule has 0 atom stereocenters. The van der Waals surface area contributed by atoms with Crippen molar-refractivity contribution < 1.29 is 9.53 Å². The van der Waals surface area contributed by atoms with E-state index in [1.807, 2.05) is 24.3 Å². The van der Waals surface area contributed by atoms with Crippen molar-refractivity contribution in [1.82, 2.24) is 25.2 Å². The second-order valence-corrected chi connectivity index (χ2v) is 10.4. The highest BCUT2D eigenvalue weighted by Gasteiger charge is 2.24. The molecule has 0 unspecified atom stereocenters. The molecule has 4 rings (SSSR count). The number of imidazole rings is 1. The van der Waals surface area contributed by atoms with Gasteiger partial charge >= 0.3 is 0 Å². The molecule has 0 saturated carbocycles. The van der Waals surface area contributed by atoms with Gasteiger partial charge in [0, 0.05) is 38.3 Å². The number of likely N-dealkylation sites (tertiary alicyclic amines) is 1. The molecule has 0 spiro atoms. The number of amides is 1. The van der Waals surface area contributed by atoms with Crippen LogP contribution in [0.3, 0.4) is 0 Å². The van der Waals surface area contributed by atoms with Gasteiger partial charge in [0.05, 0.1) is 16.9 Å². The summed E-state index contributed by atoms with van der Waals surface area (Å²) in [4.78, 5) is 26.4. The van der Waals surface area contributed by atoms with Crippen LogP contribution < -0.4 is 15.4 Å². The van der Waals surface area contributed by atoms with Gasteiger partial charge in [-0.05, 0) is 42.5 Å². The van der Waals surface area contributed by atoms with Crippen molar-refractivity contribution in [3.63, 3.8) is 0 Å². The Bertz CT molecular complexity index is 1130. The Hall–Kier alpha value is -2.84. The number of aromatic amines is 1. The molecule has 1 amide bonds. The molecule has 3 heterocycles. The van der Waals surface area contributed by atoms with E-state index in [0.717, 1.165) is 49.2 Å². The lowest BCUT2D eigenvalue weighted by Gasteiger charge is -2.36. The van der Waals surface area contributed by atoms with Gasteiger partial charge in [0.25, 0.3) is 5.91 Å². The van der Waals surface area contributed by atoms with Crippen LogP contribution in [0.2, 0.25) is 5.02 Å². The topological polar surface area (TPSA) is 95.2 Å². The third-order valence-electron chi connectivity index (χ3n) is 5.88. The number of likely N-dealkylation sites (N-methyl/N-ethyl adjacent to an activating group) is 1. The predicted octanol–water partition coefficient (Wildman–Crippen LogP) is 4.33. The van der Waals surface area contributed by atoms with Gasteiger partial charge in [-0.1, -0.05) is 32.4 Å². The number of hydrogen-bond acceptors (Lipinski definition) is 6. The number of fused-ring (bicyclic) bond motifs is 1. The SMILES string of the molecule is CNC(=O)COc1ccc(-c2nc3ncc(Cl)c(NC4CCN(CC(C)(C)C)CC4)c3[nH]2)cc1. The van der Waals surface area contributed by atoms with Crippen molar-refractivity contribution in [2.75, 3.05) is 38.6 Å². The first-order valence-electron chi connectivity index (χ1n) is 11.7. The molecule has 1 aliphatic rings. The number of halogens is 1. The summed E-state index contributed by atoms with van der Waals surface area (Å²) in [5.74, 6) is 1.14. The zero-order valence-electron chi connectivity index (χ0n) is 20.2. The van der Waals surface area contributed by atoms with Gasteiger partial charge in [-0.15, -0.1) is 0 Å². The van der Waals surface area contributed by atoms with Crippen LogP contribution in [0.15, 0.2) is 30.5 Å². The van der Waals surface area contributed by atoms with E-state index in [9.17, 15) is 4.79 Å². The first kappa shape index (κ1) is 24.3. The third kappa shape index (κ3) is 5.98. The molecule has 34 heavy (non-hydrogen) atoms. The smallest absolute Gasteiger partial charge is 0.257 e. The Balaban J connectivity index is 1.47. The van der Waals surface area contributed by atoms with Gasteiger partial charge in [-0.3, -0.25) is 4.79 Å². The van der Waals surface area contributed by atoms with Gasteiger partial charge < -0.3 is 25.3 Å². The number of pyridine rings is 1. The summed E-state index contributed by atoms with van der Waals surface area (Å²) in [5.41, 5.74) is 3.47. The number of H-pyrrole nitrogens is 1. The average Bonchev–Trinajstić information content (AvgIpc) is 3.24. The van der Waals surface area contributed by atoms with Crippen molar-refractivity contribution >= 4 is 34.4 Å². The summed E-state index contributed by atoms with van der Waals surface area (Å²) in [6, 6.07) is 7.78. The van der Waals surface area contributed by atoms with E-state index in [2.05, 4.69) is 51.3 Å². The van der Waals surface area contributed by atoms with Crippen LogP contribution in [0.1, 0.15) is 33.6 Å². The Labute approximate surface area is 205 Å². The first-order chi connectivity index (χ1) is 16.2. The van der Waals surface area contributed by atoms with Gasteiger partial charge in [-0.2, -0.15) is 0 Å². The normalized spacial score (nSPS) is 15.4. The number of aromatic nitrogens is 3. The van der Waals surface area contributed by atoms with Crippen molar-refractivity contribution in [3.8, 4) is 17.1 Å². The van der Waals surface area contributed by atoms with Crippen molar-refractivity contribution in [3.05, 3.63) is 35.5 Å². The predicted molar refractivity (Wildman–Crippen MR) is 136 cm³/mol. The van der Waals surface area contributed by atoms with E-state index in [1.165, 1.54) is 0 Å². The van der Waals surface area contributed by atoms with Crippen LogP contribution >= 0.6 is 11.6 Å². The molecular weight excluding hydrogens is 452 g/mol. The lowest BCUT2D eigenvalue weighted by Crippen LogP contribution is -2.42. The minimum atomic E-state index is -0.177. The number of rotatable bonds is 7. The zero-order valence-corrected chi connectivity index (χ0v) is 21.0. The Kier molecular flexibility index (Phi) is 7.28. The fourth-order valence-corrected chi connectivity index (χ4v) is 4.45. The number of nitrogens with zero attached hydrogens (tertiary/aromatic N) is 3. The lowest BCUT2D eigenvalue weighted by atomic mass is 9.94. The number of hydrogen-bond donors (Lipinski definition) is 3. The number of carbonyl (C=O) groups is 1. The number of carbonyl (C=O) groups excluding carboxylic acids is 1. The third-order valence-corrected chi connectivity index (χ3v) is 6.17. The van der Waals surface area contributed by atoms with Crippen LogP contribution in [-0.2, 0) is 4.79 Å². The van der Waals surface area contributed by atoms with Crippen molar-refractivity contribution in [2.45, 2.75) is 39.7 Å². The minimum absolute atomic E-state index is 0.0208. The van der Waals surface area contributed by atoms with Crippen LogP contribution in [0, 0.1) is 5.41 Å². The molecule has 3 aromatic rings. The summed E-state index contributed by atoms with van der Waals surface area (Å²) in [5, 5.41) is 6.77. The second kappa shape index (κ2) is 10.2. The zero-order chi connectivity index (χ0) is 24.3. The Morgan fingerprint density at radius 2 is 1.94 bits per heavy atom. The second-order valence-electron chi connectivity index (χ2n) is 10.0. The summed E-state index contributed by atoms with van der Waals surface area (Å²) in [6.45, 7) is 10.1. The van der Waals surface area contributed by atoms with E-state index in [1.54, 1.807) is 13.2 Å². The van der Waals surface area contributed by atoms with E-state index < -0.39 is 0 Å². The maximum absolute atomic E-state index is 11.4. The summed E-state index contributed by atoms with van der Waals surface area (Å²) in [7, 11) is 1.58. The molecule has 1 fully saturated rings. The summed E-state index contributed by atoms with van der Waals surface area (Å²) < 4.78 is 5.48. The Morgan fingerprint density at radius 1 is 1.24 bits per heavy atom. The van der Waals surface area contributed by atoms with E-state index in [-0.39, 0.29) is 12.5 Å². The van der Waals surface area contributed by atoms with Gasteiger partial charge in [0.15, 0.2) is 12.3 Å². The number of nitrogens with one attached hydrogen (secondary N) is 3.